The molecule has 1 aromatic rings. The summed E-state index contributed by atoms with van der Waals surface area (Å²) in [6, 6.07) is 0. The van der Waals surface area contributed by atoms with E-state index in [1.807, 2.05) is 6.92 Å². The molecule has 1 atom stereocenters. The van der Waals surface area contributed by atoms with Crippen LogP contribution in [-0.4, -0.2) is 42.3 Å². The molecule has 1 saturated heterocycles. The molecule has 21 heavy (non-hydrogen) atoms. The molecule has 7 heteroatoms. The van der Waals surface area contributed by atoms with E-state index < -0.39 is 10.0 Å². The summed E-state index contributed by atoms with van der Waals surface area (Å²) in [5.74, 6) is 0.956. The van der Waals surface area contributed by atoms with E-state index in [2.05, 4.69) is 22.2 Å². The molecule has 118 valence electrons. The van der Waals surface area contributed by atoms with Crippen LogP contribution < -0.4 is 5.32 Å². The molecule has 2 heterocycles. The molecule has 0 spiro atoms. The third-order valence-corrected chi connectivity index (χ3v) is 5.56. The van der Waals surface area contributed by atoms with Crippen LogP contribution in [0.5, 0.6) is 0 Å². The lowest BCUT2D eigenvalue weighted by Crippen LogP contribution is -2.29. The number of hydrogen-bond donors (Lipinski definition) is 1. The maximum atomic E-state index is 12.5. The van der Waals surface area contributed by atoms with Crippen LogP contribution in [0, 0.1) is 5.92 Å². The summed E-state index contributed by atoms with van der Waals surface area (Å²) in [5.41, 5.74) is 0. The first kappa shape index (κ1) is 16.2. The number of rotatable bonds is 7. The molecule has 0 saturated carbocycles. The topological polar surface area (TPSA) is 75.2 Å². The molecule has 0 bridgehead atoms. The minimum Gasteiger partial charge on any atom is -0.354 e. The van der Waals surface area contributed by atoms with Gasteiger partial charge < -0.3 is 5.32 Å². The summed E-state index contributed by atoms with van der Waals surface area (Å²) < 4.78 is 26.6. The number of anilines is 1. The lowest BCUT2D eigenvalue weighted by Gasteiger charge is -2.16. The zero-order valence-electron chi connectivity index (χ0n) is 12.7. The van der Waals surface area contributed by atoms with Crippen molar-refractivity contribution in [2.75, 3.05) is 25.0 Å². The zero-order chi connectivity index (χ0) is 15.3. The molecule has 1 aliphatic rings. The van der Waals surface area contributed by atoms with E-state index in [9.17, 15) is 8.42 Å². The van der Waals surface area contributed by atoms with Crippen LogP contribution in [0.4, 0.5) is 5.95 Å². The van der Waals surface area contributed by atoms with Crippen molar-refractivity contribution in [2.45, 2.75) is 44.4 Å². The first-order valence-corrected chi connectivity index (χ1v) is 9.08. The van der Waals surface area contributed by atoms with Gasteiger partial charge in [0.15, 0.2) is 0 Å². The van der Waals surface area contributed by atoms with Gasteiger partial charge in [-0.1, -0.05) is 20.3 Å². The quantitative estimate of drug-likeness (QED) is 0.834. The maximum Gasteiger partial charge on any atom is 0.246 e. The van der Waals surface area contributed by atoms with E-state index in [-0.39, 0.29) is 4.90 Å². The minimum absolute atomic E-state index is 0.182. The first-order chi connectivity index (χ1) is 10.1. The van der Waals surface area contributed by atoms with Crippen LogP contribution in [0.25, 0.3) is 0 Å². The number of nitrogens with one attached hydrogen (secondary N) is 1. The largest absolute Gasteiger partial charge is 0.354 e. The zero-order valence-corrected chi connectivity index (χ0v) is 13.6. The van der Waals surface area contributed by atoms with Gasteiger partial charge in [-0.3, -0.25) is 0 Å². The van der Waals surface area contributed by atoms with Crippen molar-refractivity contribution in [3.63, 3.8) is 0 Å². The molecular weight excluding hydrogens is 288 g/mol. The van der Waals surface area contributed by atoms with E-state index in [1.54, 1.807) is 4.31 Å². The van der Waals surface area contributed by atoms with Gasteiger partial charge in [-0.05, 0) is 25.2 Å². The highest BCUT2D eigenvalue weighted by Crippen LogP contribution is 2.26. The van der Waals surface area contributed by atoms with Gasteiger partial charge in [-0.15, -0.1) is 0 Å². The van der Waals surface area contributed by atoms with Gasteiger partial charge >= 0.3 is 0 Å². The van der Waals surface area contributed by atoms with Gasteiger partial charge in [0.05, 0.1) is 12.4 Å². The first-order valence-electron chi connectivity index (χ1n) is 7.64. The average molecular weight is 312 g/mol. The van der Waals surface area contributed by atoms with E-state index in [1.165, 1.54) is 12.4 Å². The highest BCUT2D eigenvalue weighted by molar-refractivity contribution is 7.89. The summed E-state index contributed by atoms with van der Waals surface area (Å²) in [4.78, 5) is 8.34. The Morgan fingerprint density at radius 1 is 1.29 bits per heavy atom. The lowest BCUT2D eigenvalue weighted by molar-refractivity contribution is 0.444. The van der Waals surface area contributed by atoms with Gasteiger partial charge in [0.1, 0.15) is 4.90 Å². The molecule has 1 aromatic heterocycles. The number of hydrogen-bond acceptors (Lipinski definition) is 5. The Morgan fingerprint density at radius 2 is 2.00 bits per heavy atom. The SMILES string of the molecule is CCCNc1ncc(S(=O)(=O)N2CCC(CCC)C2)cn1. The monoisotopic (exact) mass is 312 g/mol. The Labute approximate surface area is 127 Å². The Hall–Kier alpha value is -1.21. The second-order valence-corrected chi connectivity index (χ2v) is 7.41. The van der Waals surface area contributed by atoms with Crippen molar-refractivity contribution in [3.8, 4) is 0 Å². The third-order valence-electron chi connectivity index (χ3n) is 3.74. The van der Waals surface area contributed by atoms with E-state index >= 15 is 0 Å². The fraction of sp³-hybridized carbons (Fsp3) is 0.714. The molecular formula is C14H24N4O2S. The van der Waals surface area contributed by atoms with E-state index in [0.717, 1.165) is 32.2 Å². The second kappa shape index (κ2) is 7.17. The molecule has 6 nitrogen and oxygen atoms in total. The fourth-order valence-electron chi connectivity index (χ4n) is 2.59. The molecule has 1 unspecified atom stereocenters. The maximum absolute atomic E-state index is 12.5. The molecule has 0 radical (unpaired) electrons. The normalized spacial score (nSPS) is 19.8. The van der Waals surface area contributed by atoms with E-state index in [0.29, 0.717) is 25.0 Å². The van der Waals surface area contributed by atoms with Gasteiger partial charge in [-0.2, -0.15) is 4.31 Å². The van der Waals surface area contributed by atoms with Gasteiger partial charge in [-0.25, -0.2) is 18.4 Å². The highest BCUT2D eigenvalue weighted by atomic mass is 32.2. The standard InChI is InChI=1S/C14H24N4O2S/c1-3-5-12-6-8-18(11-12)21(19,20)13-9-16-14(17-10-13)15-7-4-2/h9-10,12H,3-8,11H2,1-2H3,(H,15,16,17). The van der Waals surface area contributed by atoms with Gasteiger partial charge in [0, 0.05) is 19.6 Å². The van der Waals surface area contributed by atoms with Crippen LogP contribution in [-0.2, 0) is 10.0 Å². The van der Waals surface area contributed by atoms with Crippen LogP contribution in [0.1, 0.15) is 39.5 Å². The number of nitrogens with zero attached hydrogens (tertiary/aromatic N) is 3. The number of aromatic nitrogens is 2. The van der Waals surface area contributed by atoms with Crippen LogP contribution >= 0.6 is 0 Å². The Balaban J connectivity index is 2.06. The summed E-state index contributed by atoms with van der Waals surface area (Å²) >= 11 is 0. The van der Waals surface area contributed by atoms with Crippen LogP contribution in [0.2, 0.25) is 0 Å². The summed E-state index contributed by atoms with van der Waals surface area (Å²) in [5, 5.41) is 3.04. The smallest absolute Gasteiger partial charge is 0.246 e. The molecule has 0 amide bonds. The van der Waals surface area contributed by atoms with Crippen molar-refractivity contribution < 1.29 is 8.42 Å². The Morgan fingerprint density at radius 3 is 2.62 bits per heavy atom. The lowest BCUT2D eigenvalue weighted by atomic mass is 10.0. The summed E-state index contributed by atoms with van der Waals surface area (Å²) in [6.07, 6.45) is 6.89. The minimum atomic E-state index is -3.45. The van der Waals surface area contributed by atoms with Crippen molar-refractivity contribution in [2.24, 2.45) is 5.92 Å². The molecule has 1 fully saturated rings. The Bertz CT molecular complexity index is 545. The predicted octanol–water partition coefficient (Wildman–Crippen LogP) is 2.11. The van der Waals surface area contributed by atoms with Crippen LogP contribution in [0.3, 0.4) is 0 Å². The number of sulfonamides is 1. The summed E-state index contributed by atoms with van der Waals surface area (Å²) in [6.45, 7) is 6.17. The van der Waals surface area contributed by atoms with Gasteiger partial charge in [0.25, 0.3) is 0 Å². The van der Waals surface area contributed by atoms with Crippen LogP contribution in [0.15, 0.2) is 17.3 Å². The molecule has 0 aliphatic carbocycles. The van der Waals surface area contributed by atoms with Crippen molar-refractivity contribution in [3.05, 3.63) is 12.4 Å². The van der Waals surface area contributed by atoms with E-state index in [4.69, 9.17) is 0 Å². The predicted molar refractivity (Wildman–Crippen MR) is 82.6 cm³/mol. The average Bonchev–Trinajstić information content (AvgIpc) is 2.95. The molecule has 0 aromatic carbocycles. The second-order valence-electron chi connectivity index (χ2n) is 5.48. The Kier molecular flexibility index (Phi) is 5.52. The van der Waals surface area contributed by atoms with Crippen molar-refractivity contribution >= 4 is 16.0 Å². The molecule has 1 N–H and O–H groups in total. The van der Waals surface area contributed by atoms with Crippen molar-refractivity contribution in [1.29, 1.82) is 0 Å². The summed E-state index contributed by atoms with van der Waals surface area (Å²) in [7, 11) is -3.45. The molecule has 2 rings (SSSR count). The van der Waals surface area contributed by atoms with Gasteiger partial charge in [0.2, 0.25) is 16.0 Å². The fourth-order valence-corrected chi connectivity index (χ4v) is 4.01. The third kappa shape index (κ3) is 3.91. The van der Waals surface area contributed by atoms with Crippen molar-refractivity contribution in [1.82, 2.24) is 14.3 Å². The molecule has 1 aliphatic heterocycles. The highest BCUT2D eigenvalue weighted by Gasteiger charge is 2.32.